The van der Waals surface area contributed by atoms with Crippen molar-refractivity contribution < 1.29 is 4.79 Å². The molecule has 0 spiro atoms. The molecule has 1 heterocycles. The first kappa shape index (κ1) is 10.4. The Kier molecular flexibility index (Phi) is 2.96. The molecular weight excluding hydrogens is 200 g/mol. The van der Waals surface area contributed by atoms with Crippen LogP contribution in [0.4, 0.5) is 5.69 Å². The van der Waals surface area contributed by atoms with E-state index in [1.54, 1.807) is 18.5 Å². The number of amides is 1. The molecule has 1 aromatic heterocycles. The number of pyridine rings is 1. The lowest BCUT2D eigenvalue weighted by Gasteiger charge is -2.08. The van der Waals surface area contributed by atoms with Gasteiger partial charge in [0.1, 0.15) is 0 Å². The lowest BCUT2D eigenvalue weighted by Crippen LogP contribution is -2.06. The second kappa shape index (κ2) is 4.57. The van der Waals surface area contributed by atoms with Gasteiger partial charge in [-0.25, -0.2) is 0 Å². The quantitative estimate of drug-likeness (QED) is 0.831. The van der Waals surface area contributed by atoms with Gasteiger partial charge in [0.15, 0.2) is 0 Å². The Morgan fingerprint density at radius 3 is 2.62 bits per heavy atom. The molecule has 3 nitrogen and oxygen atoms in total. The largest absolute Gasteiger partial charge is 0.326 e. The van der Waals surface area contributed by atoms with E-state index in [2.05, 4.69) is 10.3 Å². The Morgan fingerprint density at radius 1 is 1.19 bits per heavy atom. The standard InChI is InChI=1S/C13H12N2O/c1-10(16)15-13-7-8-14-9-12(13)11-5-3-2-4-6-11/h2-9H,1H3,(H,14,15,16). The number of anilines is 1. The van der Waals surface area contributed by atoms with Crippen LogP contribution in [-0.4, -0.2) is 10.9 Å². The first-order chi connectivity index (χ1) is 7.77. The van der Waals surface area contributed by atoms with E-state index in [0.29, 0.717) is 0 Å². The Hall–Kier alpha value is -2.16. The highest BCUT2D eigenvalue weighted by Gasteiger charge is 2.05. The number of carbonyl (C=O) groups is 1. The minimum atomic E-state index is -0.0802. The number of carbonyl (C=O) groups excluding carboxylic acids is 1. The number of benzene rings is 1. The minimum Gasteiger partial charge on any atom is -0.326 e. The van der Waals surface area contributed by atoms with Crippen molar-refractivity contribution >= 4 is 11.6 Å². The summed E-state index contributed by atoms with van der Waals surface area (Å²) in [5.74, 6) is -0.0802. The highest BCUT2D eigenvalue weighted by Crippen LogP contribution is 2.26. The second-order valence-corrected chi connectivity index (χ2v) is 3.47. The van der Waals surface area contributed by atoms with E-state index in [9.17, 15) is 4.79 Å². The van der Waals surface area contributed by atoms with Crippen LogP contribution in [0.25, 0.3) is 11.1 Å². The molecule has 1 N–H and O–H groups in total. The van der Waals surface area contributed by atoms with Gasteiger partial charge in [-0.3, -0.25) is 9.78 Å². The number of hydrogen-bond donors (Lipinski definition) is 1. The molecule has 0 aliphatic rings. The van der Waals surface area contributed by atoms with Gasteiger partial charge < -0.3 is 5.32 Å². The summed E-state index contributed by atoms with van der Waals surface area (Å²) in [6.07, 6.45) is 3.42. The maximum absolute atomic E-state index is 11.1. The molecular formula is C13H12N2O. The lowest BCUT2D eigenvalue weighted by molar-refractivity contribution is -0.114. The Balaban J connectivity index is 2.44. The highest BCUT2D eigenvalue weighted by molar-refractivity contribution is 5.93. The van der Waals surface area contributed by atoms with E-state index >= 15 is 0 Å². The van der Waals surface area contributed by atoms with Crippen molar-refractivity contribution in [3.05, 3.63) is 48.8 Å². The molecule has 0 saturated carbocycles. The molecule has 2 rings (SSSR count). The molecule has 3 heteroatoms. The van der Waals surface area contributed by atoms with E-state index in [-0.39, 0.29) is 5.91 Å². The number of nitrogens with one attached hydrogen (secondary N) is 1. The zero-order valence-electron chi connectivity index (χ0n) is 8.97. The van der Waals surface area contributed by atoms with Crippen LogP contribution >= 0.6 is 0 Å². The van der Waals surface area contributed by atoms with Crippen LogP contribution in [0.15, 0.2) is 48.8 Å². The molecule has 0 aliphatic carbocycles. The first-order valence-electron chi connectivity index (χ1n) is 5.04. The molecule has 1 amide bonds. The van der Waals surface area contributed by atoms with Crippen LogP contribution in [0.3, 0.4) is 0 Å². The summed E-state index contributed by atoms with van der Waals surface area (Å²) < 4.78 is 0. The molecule has 80 valence electrons. The molecule has 0 fully saturated rings. The molecule has 0 bridgehead atoms. The van der Waals surface area contributed by atoms with Crippen molar-refractivity contribution in [2.24, 2.45) is 0 Å². The summed E-state index contributed by atoms with van der Waals surface area (Å²) in [5.41, 5.74) is 2.76. The third-order valence-corrected chi connectivity index (χ3v) is 2.22. The Morgan fingerprint density at radius 2 is 1.94 bits per heavy atom. The summed E-state index contributed by atoms with van der Waals surface area (Å²) in [6, 6.07) is 11.6. The average molecular weight is 212 g/mol. The third kappa shape index (κ3) is 2.25. The second-order valence-electron chi connectivity index (χ2n) is 3.47. The van der Waals surface area contributed by atoms with E-state index in [4.69, 9.17) is 0 Å². The fourth-order valence-corrected chi connectivity index (χ4v) is 1.54. The SMILES string of the molecule is CC(=O)Nc1ccncc1-c1ccccc1. The topological polar surface area (TPSA) is 42.0 Å². The van der Waals surface area contributed by atoms with Crippen LogP contribution in [0, 0.1) is 0 Å². The summed E-state index contributed by atoms with van der Waals surface area (Å²) in [5, 5.41) is 2.79. The number of nitrogens with zero attached hydrogens (tertiary/aromatic N) is 1. The van der Waals surface area contributed by atoms with Crippen molar-refractivity contribution in [3.8, 4) is 11.1 Å². The number of aromatic nitrogens is 1. The van der Waals surface area contributed by atoms with Crippen LogP contribution < -0.4 is 5.32 Å². The van der Waals surface area contributed by atoms with Crippen LogP contribution in [0.1, 0.15) is 6.92 Å². The molecule has 2 aromatic rings. The molecule has 0 saturated heterocycles. The molecule has 0 aliphatic heterocycles. The third-order valence-electron chi connectivity index (χ3n) is 2.22. The van der Waals surface area contributed by atoms with Gasteiger partial charge in [0.25, 0.3) is 0 Å². The smallest absolute Gasteiger partial charge is 0.221 e. The van der Waals surface area contributed by atoms with Crippen LogP contribution in [-0.2, 0) is 4.79 Å². The Bertz CT molecular complexity index is 494. The van der Waals surface area contributed by atoms with Crippen LogP contribution in [0.5, 0.6) is 0 Å². The van der Waals surface area contributed by atoms with E-state index < -0.39 is 0 Å². The van der Waals surface area contributed by atoms with Gasteiger partial charge in [-0.1, -0.05) is 30.3 Å². The molecule has 1 aromatic carbocycles. The summed E-state index contributed by atoms with van der Waals surface area (Å²) in [7, 11) is 0. The first-order valence-corrected chi connectivity index (χ1v) is 5.04. The van der Waals surface area contributed by atoms with Gasteiger partial charge in [0, 0.05) is 24.9 Å². The minimum absolute atomic E-state index is 0.0802. The van der Waals surface area contributed by atoms with Crippen molar-refractivity contribution in [1.82, 2.24) is 4.98 Å². The number of hydrogen-bond acceptors (Lipinski definition) is 2. The van der Waals surface area contributed by atoms with Gasteiger partial charge >= 0.3 is 0 Å². The molecule has 0 atom stereocenters. The zero-order chi connectivity index (χ0) is 11.4. The van der Waals surface area contributed by atoms with E-state index in [1.165, 1.54) is 6.92 Å². The maximum atomic E-state index is 11.1. The molecule has 16 heavy (non-hydrogen) atoms. The van der Waals surface area contributed by atoms with Gasteiger partial charge in [-0.05, 0) is 11.6 Å². The van der Waals surface area contributed by atoms with Gasteiger partial charge in [0.05, 0.1) is 5.69 Å². The van der Waals surface area contributed by atoms with Crippen molar-refractivity contribution in [3.63, 3.8) is 0 Å². The average Bonchev–Trinajstić information content (AvgIpc) is 2.30. The number of rotatable bonds is 2. The zero-order valence-corrected chi connectivity index (χ0v) is 8.97. The molecule has 0 radical (unpaired) electrons. The van der Waals surface area contributed by atoms with E-state index in [0.717, 1.165) is 16.8 Å². The predicted octanol–water partition coefficient (Wildman–Crippen LogP) is 2.71. The molecule has 0 unspecified atom stereocenters. The predicted molar refractivity (Wildman–Crippen MR) is 64.0 cm³/mol. The summed E-state index contributed by atoms with van der Waals surface area (Å²) >= 11 is 0. The van der Waals surface area contributed by atoms with Crippen LogP contribution in [0.2, 0.25) is 0 Å². The monoisotopic (exact) mass is 212 g/mol. The highest BCUT2D eigenvalue weighted by atomic mass is 16.1. The lowest BCUT2D eigenvalue weighted by atomic mass is 10.1. The van der Waals surface area contributed by atoms with Gasteiger partial charge in [0.2, 0.25) is 5.91 Å². The normalized spacial score (nSPS) is 9.81. The Labute approximate surface area is 94.1 Å². The fourth-order valence-electron chi connectivity index (χ4n) is 1.54. The van der Waals surface area contributed by atoms with Crippen molar-refractivity contribution in [2.45, 2.75) is 6.92 Å². The maximum Gasteiger partial charge on any atom is 0.221 e. The summed E-state index contributed by atoms with van der Waals surface area (Å²) in [4.78, 5) is 15.1. The van der Waals surface area contributed by atoms with Crippen molar-refractivity contribution in [2.75, 3.05) is 5.32 Å². The van der Waals surface area contributed by atoms with E-state index in [1.807, 2.05) is 30.3 Å². The van der Waals surface area contributed by atoms with Gasteiger partial charge in [-0.15, -0.1) is 0 Å². The van der Waals surface area contributed by atoms with Crippen molar-refractivity contribution in [1.29, 1.82) is 0 Å². The summed E-state index contributed by atoms with van der Waals surface area (Å²) in [6.45, 7) is 1.50. The van der Waals surface area contributed by atoms with Gasteiger partial charge in [-0.2, -0.15) is 0 Å². The fraction of sp³-hybridized carbons (Fsp3) is 0.0769.